The van der Waals surface area contributed by atoms with Crippen LogP contribution in [0, 0.1) is 0 Å². The molecule has 2 rings (SSSR count). The number of amides is 1. The predicted molar refractivity (Wildman–Crippen MR) is 71.3 cm³/mol. The van der Waals surface area contributed by atoms with Crippen molar-refractivity contribution < 1.29 is 13.2 Å². The molecule has 2 aliphatic rings. The van der Waals surface area contributed by atoms with Crippen LogP contribution in [0.3, 0.4) is 0 Å². The molecule has 2 atom stereocenters. The molecule has 5 nitrogen and oxygen atoms in total. The first-order valence-electron chi connectivity index (χ1n) is 5.28. The molecule has 2 saturated heterocycles. The number of nitrogens with zero attached hydrogens (tertiary/aromatic N) is 1. The maximum absolute atomic E-state index is 12.0. The molecule has 17 heavy (non-hydrogen) atoms. The van der Waals surface area contributed by atoms with Crippen LogP contribution >= 0.6 is 24.2 Å². The van der Waals surface area contributed by atoms with Gasteiger partial charge in [-0.3, -0.25) is 10.1 Å². The van der Waals surface area contributed by atoms with Crippen LogP contribution in [0.1, 0.15) is 6.42 Å². The fraction of sp³-hybridized carbons (Fsp3) is 0.889. The molecule has 2 unspecified atom stereocenters. The number of carbonyl (C=O) groups is 1. The molecule has 0 aromatic carbocycles. The molecule has 2 aliphatic heterocycles. The Kier molecular flexibility index (Phi) is 5.12. The van der Waals surface area contributed by atoms with E-state index in [0.29, 0.717) is 6.42 Å². The Morgan fingerprint density at radius 3 is 2.65 bits per heavy atom. The number of thioether (sulfide) groups is 1. The maximum Gasteiger partial charge on any atom is 0.240 e. The summed E-state index contributed by atoms with van der Waals surface area (Å²) < 4.78 is 22.7. The molecule has 100 valence electrons. The second-order valence-electron chi connectivity index (χ2n) is 4.28. The summed E-state index contributed by atoms with van der Waals surface area (Å²) >= 11 is 1.69. The SMILES string of the molecule is CN(C(=O)C1CSCN1)C1CCS(=O)(=O)C1.Cl. The number of sulfone groups is 1. The summed E-state index contributed by atoms with van der Waals surface area (Å²) in [6, 6.07) is -0.275. The first-order valence-corrected chi connectivity index (χ1v) is 8.25. The normalized spacial score (nSPS) is 30.9. The molecule has 0 radical (unpaired) electrons. The van der Waals surface area contributed by atoms with Gasteiger partial charge in [-0.2, -0.15) is 0 Å². The lowest BCUT2D eigenvalue weighted by molar-refractivity contribution is -0.132. The minimum Gasteiger partial charge on any atom is -0.340 e. The third-order valence-electron chi connectivity index (χ3n) is 3.12. The van der Waals surface area contributed by atoms with Crippen LogP contribution in [0.5, 0.6) is 0 Å². The monoisotopic (exact) mass is 300 g/mol. The van der Waals surface area contributed by atoms with Crippen molar-refractivity contribution in [3.8, 4) is 0 Å². The summed E-state index contributed by atoms with van der Waals surface area (Å²) in [5.41, 5.74) is 0. The van der Waals surface area contributed by atoms with Gasteiger partial charge in [-0.05, 0) is 6.42 Å². The molecule has 0 saturated carbocycles. The highest BCUT2D eigenvalue weighted by Gasteiger charge is 2.35. The van der Waals surface area contributed by atoms with Crippen molar-refractivity contribution in [3.63, 3.8) is 0 Å². The quantitative estimate of drug-likeness (QED) is 0.759. The van der Waals surface area contributed by atoms with Gasteiger partial charge in [-0.1, -0.05) is 0 Å². The van der Waals surface area contributed by atoms with Crippen LogP contribution in [0.2, 0.25) is 0 Å². The molecule has 1 amide bonds. The van der Waals surface area contributed by atoms with Crippen molar-refractivity contribution in [2.24, 2.45) is 0 Å². The predicted octanol–water partition coefficient (Wildman–Crippen LogP) is -0.284. The number of hydrogen-bond acceptors (Lipinski definition) is 5. The number of nitrogens with one attached hydrogen (secondary N) is 1. The lowest BCUT2D eigenvalue weighted by Gasteiger charge is -2.26. The van der Waals surface area contributed by atoms with E-state index in [9.17, 15) is 13.2 Å². The zero-order valence-electron chi connectivity index (χ0n) is 9.59. The number of likely N-dealkylation sites (N-methyl/N-ethyl adjacent to an activating group) is 1. The average molecular weight is 301 g/mol. The van der Waals surface area contributed by atoms with Gasteiger partial charge in [0.25, 0.3) is 0 Å². The van der Waals surface area contributed by atoms with E-state index in [1.807, 2.05) is 0 Å². The zero-order chi connectivity index (χ0) is 11.8. The van der Waals surface area contributed by atoms with Gasteiger partial charge in [-0.25, -0.2) is 8.42 Å². The van der Waals surface area contributed by atoms with Crippen molar-refractivity contribution in [2.45, 2.75) is 18.5 Å². The smallest absolute Gasteiger partial charge is 0.240 e. The van der Waals surface area contributed by atoms with E-state index in [2.05, 4.69) is 5.32 Å². The molecule has 2 heterocycles. The minimum absolute atomic E-state index is 0. The Bertz CT molecular complexity index is 382. The molecule has 2 fully saturated rings. The van der Waals surface area contributed by atoms with E-state index in [1.54, 1.807) is 23.7 Å². The number of rotatable bonds is 2. The Morgan fingerprint density at radius 2 is 2.18 bits per heavy atom. The first kappa shape index (κ1) is 15.1. The molecular formula is C9H17ClN2O3S2. The summed E-state index contributed by atoms with van der Waals surface area (Å²) in [4.78, 5) is 13.6. The fourth-order valence-corrected chi connectivity index (χ4v) is 4.77. The highest BCUT2D eigenvalue weighted by atomic mass is 35.5. The van der Waals surface area contributed by atoms with E-state index >= 15 is 0 Å². The van der Waals surface area contributed by atoms with Gasteiger partial charge in [0.1, 0.15) is 0 Å². The van der Waals surface area contributed by atoms with E-state index in [-0.39, 0.29) is 41.9 Å². The number of hydrogen-bond donors (Lipinski definition) is 1. The van der Waals surface area contributed by atoms with E-state index in [1.165, 1.54) is 0 Å². The minimum atomic E-state index is -2.92. The van der Waals surface area contributed by atoms with Crippen molar-refractivity contribution in [2.75, 3.05) is 30.2 Å². The largest absolute Gasteiger partial charge is 0.340 e. The highest BCUT2D eigenvalue weighted by molar-refractivity contribution is 7.99. The van der Waals surface area contributed by atoms with Gasteiger partial charge in [0.2, 0.25) is 5.91 Å². The molecule has 1 N–H and O–H groups in total. The van der Waals surface area contributed by atoms with E-state index < -0.39 is 9.84 Å². The second-order valence-corrected chi connectivity index (χ2v) is 7.54. The average Bonchev–Trinajstić information content (AvgIpc) is 2.84. The van der Waals surface area contributed by atoms with E-state index in [4.69, 9.17) is 0 Å². The van der Waals surface area contributed by atoms with Crippen LogP contribution in [0.15, 0.2) is 0 Å². The van der Waals surface area contributed by atoms with Gasteiger partial charge in [0.15, 0.2) is 9.84 Å². The van der Waals surface area contributed by atoms with Gasteiger partial charge in [0.05, 0.1) is 17.5 Å². The van der Waals surface area contributed by atoms with Crippen molar-refractivity contribution >= 4 is 39.9 Å². The maximum atomic E-state index is 12.0. The van der Waals surface area contributed by atoms with Crippen LogP contribution in [-0.4, -0.2) is 61.5 Å². The summed E-state index contributed by atoms with van der Waals surface area (Å²) in [7, 11) is -1.21. The summed E-state index contributed by atoms with van der Waals surface area (Å²) in [5, 5.41) is 3.10. The van der Waals surface area contributed by atoms with Gasteiger partial charge in [0, 0.05) is 24.7 Å². The lowest BCUT2D eigenvalue weighted by atomic mass is 10.2. The van der Waals surface area contributed by atoms with Crippen LogP contribution in [0.25, 0.3) is 0 Å². The van der Waals surface area contributed by atoms with Gasteiger partial charge >= 0.3 is 0 Å². The fourth-order valence-electron chi connectivity index (χ4n) is 2.06. The van der Waals surface area contributed by atoms with Crippen LogP contribution in [-0.2, 0) is 14.6 Å². The van der Waals surface area contributed by atoms with Crippen LogP contribution < -0.4 is 5.32 Å². The van der Waals surface area contributed by atoms with Crippen molar-refractivity contribution in [1.82, 2.24) is 10.2 Å². The summed E-state index contributed by atoms with van der Waals surface area (Å²) in [6.45, 7) is 0. The van der Waals surface area contributed by atoms with Crippen molar-refractivity contribution in [1.29, 1.82) is 0 Å². The van der Waals surface area contributed by atoms with E-state index in [0.717, 1.165) is 11.6 Å². The molecule has 8 heteroatoms. The standard InChI is InChI=1S/C9H16N2O3S2.ClH/c1-11(7-2-3-16(13,14)5-7)9(12)8-4-15-6-10-8;/h7-8,10H,2-6H2,1H3;1H. The highest BCUT2D eigenvalue weighted by Crippen LogP contribution is 2.19. The molecule has 0 bridgehead atoms. The summed E-state index contributed by atoms with van der Waals surface area (Å²) in [6.07, 6.45) is 0.574. The zero-order valence-corrected chi connectivity index (χ0v) is 12.0. The summed E-state index contributed by atoms with van der Waals surface area (Å²) in [5.74, 6) is 1.93. The topological polar surface area (TPSA) is 66.5 Å². The first-order chi connectivity index (χ1) is 7.49. The third kappa shape index (κ3) is 3.49. The molecule has 0 aromatic heterocycles. The third-order valence-corrected chi connectivity index (χ3v) is 5.81. The molecule has 0 spiro atoms. The van der Waals surface area contributed by atoms with Gasteiger partial charge < -0.3 is 4.90 Å². The van der Waals surface area contributed by atoms with Gasteiger partial charge in [-0.15, -0.1) is 24.2 Å². The Labute approximate surface area is 112 Å². The lowest BCUT2D eigenvalue weighted by Crippen LogP contribution is -2.47. The Balaban J connectivity index is 0.00000144. The molecule has 0 aromatic rings. The number of carbonyl (C=O) groups excluding carboxylic acids is 1. The Morgan fingerprint density at radius 1 is 1.47 bits per heavy atom. The van der Waals surface area contributed by atoms with Crippen LogP contribution in [0.4, 0.5) is 0 Å². The number of halogens is 1. The molecule has 0 aliphatic carbocycles. The molecular weight excluding hydrogens is 284 g/mol. The Hall–Kier alpha value is 0.0200. The second kappa shape index (κ2) is 5.77. The van der Waals surface area contributed by atoms with Crippen molar-refractivity contribution in [3.05, 3.63) is 0 Å².